The number of carboxylic acid groups (broad SMARTS) is 1. The van der Waals surface area contributed by atoms with Crippen LogP contribution in [0.3, 0.4) is 0 Å². The third-order valence-corrected chi connectivity index (χ3v) is 15.1. The highest BCUT2D eigenvalue weighted by atomic mass is 32.1. The molecule has 5 heterocycles. The molecule has 2 aliphatic rings. The molecule has 1 fully saturated rings. The van der Waals surface area contributed by atoms with E-state index in [0.717, 1.165) is 17.5 Å². The topological polar surface area (TPSA) is 143 Å². The summed E-state index contributed by atoms with van der Waals surface area (Å²) in [4.78, 5) is 26.3. The van der Waals surface area contributed by atoms with E-state index in [1.54, 1.807) is 0 Å². The van der Waals surface area contributed by atoms with E-state index in [4.69, 9.17) is 13.9 Å². The lowest BCUT2D eigenvalue weighted by molar-refractivity contribution is 0.135. The van der Waals surface area contributed by atoms with Gasteiger partial charge in [-0.05, 0) is 35.7 Å². The molecule has 0 aliphatic carbocycles. The number of hydrogen-bond acceptors (Lipinski definition) is 10. The van der Waals surface area contributed by atoms with Gasteiger partial charge in [0.15, 0.2) is 20.0 Å². The van der Waals surface area contributed by atoms with Gasteiger partial charge in [-0.15, -0.1) is 11.3 Å². The third-order valence-electron chi connectivity index (χ3n) is 9.45. The van der Waals surface area contributed by atoms with E-state index < -0.39 is 32.2 Å². The largest absolute Gasteiger partial charge is 0.465 e. The maximum absolute atomic E-state index is 16.7. The molecule has 0 spiro atoms. The van der Waals surface area contributed by atoms with Crippen LogP contribution in [0.4, 0.5) is 23.0 Å². The van der Waals surface area contributed by atoms with E-state index in [1.807, 2.05) is 11.0 Å². The van der Waals surface area contributed by atoms with Gasteiger partial charge in [-0.2, -0.15) is 10.2 Å². The number of fused-ring (bicyclic) bond motifs is 4. The summed E-state index contributed by atoms with van der Waals surface area (Å²) in [5, 5.41) is 21.6. The number of hydrogen-bond donors (Lipinski definition) is 2. The fourth-order valence-corrected chi connectivity index (χ4v) is 8.02. The summed E-state index contributed by atoms with van der Waals surface area (Å²) >= 11 is 0.718. The van der Waals surface area contributed by atoms with E-state index in [9.17, 15) is 23.9 Å². The van der Waals surface area contributed by atoms with Gasteiger partial charge in [0.05, 0.1) is 35.4 Å². The number of rotatable bonds is 9. The molecule has 3 aromatic heterocycles. The van der Waals surface area contributed by atoms with Crippen molar-refractivity contribution in [2.75, 3.05) is 31.6 Å². The number of ether oxygens (including phenoxy) is 2. The number of amides is 1. The first kappa shape index (κ1) is 34.0. The molecule has 254 valence electrons. The van der Waals surface area contributed by atoms with E-state index in [0.29, 0.717) is 29.7 Å². The van der Waals surface area contributed by atoms with E-state index in [1.165, 1.54) is 6.20 Å². The van der Waals surface area contributed by atoms with Crippen LogP contribution in [0.25, 0.3) is 32.2 Å². The zero-order valence-electron chi connectivity index (χ0n) is 27.1. The number of pyridine rings is 1. The quantitative estimate of drug-likeness (QED) is 0.176. The van der Waals surface area contributed by atoms with Crippen LogP contribution in [0.5, 0.6) is 6.01 Å². The van der Waals surface area contributed by atoms with Crippen molar-refractivity contribution in [1.29, 1.82) is 5.26 Å². The highest BCUT2D eigenvalue weighted by Gasteiger charge is 2.38. The standard InChI is InChI=1S/C32H35F3N6O5SSi/c1-32(2,3)48(4,5)46-7-6-41-12-16(33)8-17(41)13-45-30-38-10-19-20-14-44-15-21(20)23(25(35)26(19)39-30)27-24-18(9-36)29(40-31(42)43)47-28(24)22(34)11-37-27/h10-11,16-17,40H,6-8,12-15H2,1-5H3,(H,42,43)/t16-,17-/m0/s1. The molecule has 1 saturated heterocycles. The van der Waals surface area contributed by atoms with Crippen LogP contribution < -0.4 is 10.1 Å². The molecular formula is C32H35F3N6O5SSi. The molecule has 0 bridgehead atoms. The Morgan fingerprint density at radius 2 is 2.00 bits per heavy atom. The number of aromatic nitrogens is 3. The van der Waals surface area contributed by atoms with Crippen molar-refractivity contribution < 1.29 is 37.0 Å². The van der Waals surface area contributed by atoms with Crippen molar-refractivity contribution in [3.05, 3.63) is 40.7 Å². The van der Waals surface area contributed by atoms with Gasteiger partial charge in [0.2, 0.25) is 0 Å². The van der Waals surface area contributed by atoms with Gasteiger partial charge in [0.1, 0.15) is 29.4 Å². The monoisotopic (exact) mass is 700 g/mol. The van der Waals surface area contributed by atoms with Gasteiger partial charge in [-0.25, -0.2) is 22.9 Å². The average Bonchev–Trinajstić information content (AvgIpc) is 3.73. The lowest BCUT2D eigenvalue weighted by Crippen LogP contribution is -2.44. The number of anilines is 1. The lowest BCUT2D eigenvalue weighted by atomic mass is 9.94. The Balaban J connectivity index is 1.32. The summed E-state index contributed by atoms with van der Waals surface area (Å²) in [7, 11) is -1.97. The molecule has 6 rings (SSSR count). The average molecular weight is 701 g/mol. The molecule has 48 heavy (non-hydrogen) atoms. The second-order valence-electron chi connectivity index (χ2n) is 13.5. The molecule has 2 aliphatic heterocycles. The molecule has 1 amide bonds. The Morgan fingerprint density at radius 3 is 2.71 bits per heavy atom. The first-order valence-corrected chi connectivity index (χ1v) is 19.2. The first-order chi connectivity index (χ1) is 22.7. The van der Waals surface area contributed by atoms with E-state index in [2.05, 4.69) is 54.1 Å². The maximum Gasteiger partial charge on any atom is 0.409 e. The zero-order valence-corrected chi connectivity index (χ0v) is 28.9. The smallest absolute Gasteiger partial charge is 0.409 e. The first-order valence-electron chi connectivity index (χ1n) is 15.4. The lowest BCUT2D eigenvalue weighted by Gasteiger charge is -2.37. The molecular weight excluding hydrogens is 666 g/mol. The molecule has 11 nitrogen and oxygen atoms in total. The van der Waals surface area contributed by atoms with Crippen LogP contribution >= 0.6 is 11.3 Å². The van der Waals surface area contributed by atoms with Crippen molar-refractivity contribution in [2.45, 2.75) is 70.8 Å². The van der Waals surface area contributed by atoms with Gasteiger partial charge in [-0.1, -0.05) is 20.8 Å². The number of nitrogens with one attached hydrogen (secondary N) is 1. The molecule has 0 unspecified atom stereocenters. The summed E-state index contributed by atoms with van der Waals surface area (Å²) in [6.45, 7) is 12.3. The zero-order chi connectivity index (χ0) is 34.5. The highest BCUT2D eigenvalue weighted by Crippen LogP contribution is 2.46. The van der Waals surface area contributed by atoms with E-state index in [-0.39, 0.29) is 87.3 Å². The fraction of sp³-hybridized carbons (Fsp3) is 0.469. The Hall–Kier alpha value is -3.88. The van der Waals surface area contributed by atoms with Gasteiger partial charge >= 0.3 is 12.1 Å². The van der Waals surface area contributed by atoms with Crippen LogP contribution in [0.1, 0.15) is 43.9 Å². The third kappa shape index (κ3) is 6.21. The number of halogens is 3. The van der Waals surface area contributed by atoms with Crippen LogP contribution in [-0.2, 0) is 22.4 Å². The predicted molar refractivity (Wildman–Crippen MR) is 176 cm³/mol. The normalized spacial score (nSPS) is 18.4. The number of thiophene rings is 1. The fourth-order valence-electron chi connectivity index (χ4n) is 5.94. The van der Waals surface area contributed by atoms with Gasteiger partial charge < -0.3 is 19.0 Å². The number of carbonyl (C=O) groups is 1. The van der Waals surface area contributed by atoms with Crippen LogP contribution in [-0.4, -0.2) is 77.9 Å². The van der Waals surface area contributed by atoms with Crippen LogP contribution in [0.15, 0.2) is 12.4 Å². The Morgan fingerprint density at radius 1 is 1.25 bits per heavy atom. The van der Waals surface area contributed by atoms with Crippen molar-refractivity contribution in [3.8, 4) is 23.3 Å². The van der Waals surface area contributed by atoms with Gasteiger partial charge in [0, 0.05) is 48.3 Å². The summed E-state index contributed by atoms with van der Waals surface area (Å²) in [5.41, 5.74) is 0.691. The summed E-state index contributed by atoms with van der Waals surface area (Å²) in [6.07, 6.45) is 0.162. The van der Waals surface area contributed by atoms with Gasteiger partial charge in [0.25, 0.3) is 0 Å². The molecule has 16 heteroatoms. The van der Waals surface area contributed by atoms with Crippen LogP contribution in [0.2, 0.25) is 18.1 Å². The maximum atomic E-state index is 16.7. The van der Waals surface area contributed by atoms with Gasteiger partial charge in [-0.3, -0.25) is 15.2 Å². The van der Waals surface area contributed by atoms with Crippen LogP contribution in [0, 0.1) is 23.0 Å². The summed E-state index contributed by atoms with van der Waals surface area (Å²) in [6, 6.07) is 1.55. The van der Waals surface area contributed by atoms with Crippen molar-refractivity contribution >= 4 is 51.7 Å². The molecule has 2 N–H and O–H groups in total. The molecule has 1 aromatic carbocycles. The number of alkyl halides is 1. The van der Waals surface area contributed by atoms with Crippen molar-refractivity contribution in [2.24, 2.45) is 0 Å². The minimum Gasteiger partial charge on any atom is -0.465 e. The Labute approximate surface area is 279 Å². The second-order valence-corrected chi connectivity index (χ2v) is 19.3. The predicted octanol–water partition coefficient (Wildman–Crippen LogP) is 6.99. The Bertz CT molecular complexity index is 1960. The SMILES string of the molecule is CC(C)(C)[Si](C)(C)OCCN1C[C@@H](F)C[C@H]1COc1ncc2c3c(c(-c4ncc(F)c5sc(NC(=O)O)c(C#N)c45)c(F)c2n1)COC3. The number of benzene rings is 1. The number of nitriles is 1. The van der Waals surface area contributed by atoms with Crippen molar-refractivity contribution in [1.82, 2.24) is 19.9 Å². The number of nitrogens with zero attached hydrogens (tertiary/aromatic N) is 5. The van der Waals surface area contributed by atoms with E-state index >= 15 is 4.39 Å². The summed E-state index contributed by atoms with van der Waals surface area (Å²) < 4.78 is 64.0. The summed E-state index contributed by atoms with van der Waals surface area (Å²) in [5.74, 6) is -1.59. The van der Waals surface area contributed by atoms with Crippen molar-refractivity contribution in [3.63, 3.8) is 0 Å². The minimum atomic E-state index is -1.97. The minimum absolute atomic E-state index is 0.0175. The molecule has 4 aromatic rings. The number of likely N-dealkylation sites (tertiary alicyclic amines) is 1. The molecule has 2 atom stereocenters. The highest BCUT2D eigenvalue weighted by molar-refractivity contribution is 7.23. The second kappa shape index (κ2) is 12.9. The molecule has 0 saturated carbocycles. The molecule has 0 radical (unpaired) electrons. The Kier molecular flexibility index (Phi) is 9.11.